The highest BCUT2D eigenvalue weighted by molar-refractivity contribution is 7.89. The van der Waals surface area contributed by atoms with E-state index in [9.17, 15) is 13.5 Å². The van der Waals surface area contributed by atoms with Crippen LogP contribution in [0.1, 0.15) is 32.1 Å². The second-order valence-corrected chi connectivity index (χ2v) is 7.78. The first-order valence-corrected chi connectivity index (χ1v) is 9.26. The van der Waals surface area contributed by atoms with Gasteiger partial charge >= 0.3 is 0 Å². The van der Waals surface area contributed by atoms with Crippen molar-refractivity contribution in [2.24, 2.45) is 5.92 Å². The van der Waals surface area contributed by atoms with Crippen LogP contribution in [0.2, 0.25) is 0 Å². The van der Waals surface area contributed by atoms with Crippen molar-refractivity contribution in [1.29, 1.82) is 0 Å². The fourth-order valence-electron chi connectivity index (χ4n) is 3.11. The van der Waals surface area contributed by atoms with Gasteiger partial charge in [-0.25, -0.2) is 13.1 Å². The first kappa shape index (κ1) is 15.3. The van der Waals surface area contributed by atoms with Gasteiger partial charge in [-0.1, -0.05) is 31.4 Å². The molecule has 118 valence electrons. The van der Waals surface area contributed by atoms with Gasteiger partial charge in [0.1, 0.15) is 5.75 Å². The highest BCUT2D eigenvalue weighted by Gasteiger charge is 2.19. The number of benzene rings is 2. The molecule has 0 unspecified atom stereocenters. The maximum absolute atomic E-state index is 12.4. The molecule has 0 atom stereocenters. The standard InChI is InChI=1S/C17H21NO3S/c19-17-8-4-7-14-11-15(9-10-16(14)17)22(20,21)18-12-13-5-2-1-3-6-13/h4,7-11,13,18-19H,1-3,5-6,12H2. The molecule has 0 amide bonds. The van der Waals surface area contributed by atoms with Crippen LogP contribution in [0.3, 0.4) is 0 Å². The lowest BCUT2D eigenvalue weighted by molar-refractivity contribution is 0.357. The average molecular weight is 319 g/mol. The number of nitrogens with one attached hydrogen (secondary N) is 1. The highest BCUT2D eigenvalue weighted by Crippen LogP contribution is 2.27. The number of aromatic hydroxyl groups is 1. The van der Waals surface area contributed by atoms with Crippen molar-refractivity contribution in [2.75, 3.05) is 6.54 Å². The largest absolute Gasteiger partial charge is 0.507 e. The van der Waals surface area contributed by atoms with Gasteiger partial charge in [0.05, 0.1) is 4.90 Å². The summed E-state index contributed by atoms with van der Waals surface area (Å²) in [5.74, 6) is 0.615. The first-order valence-electron chi connectivity index (χ1n) is 7.78. The maximum Gasteiger partial charge on any atom is 0.240 e. The topological polar surface area (TPSA) is 66.4 Å². The molecule has 0 radical (unpaired) electrons. The summed E-state index contributed by atoms with van der Waals surface area (Å²) < 4.78 is 27.6. The van der Waals surface area contributed by atoms with E-state index in [1.165, 1.54) is 19.3 Å². The zero-order chi connectivity index (χ0) is 15.6. The minimum absolute atomic E-state index is 0.164. The molecule has 5 heteroatoms. The van der Waals surface area contributed by atoms with Crippen LogP contribution in [-0.4, -0.2) is 20.1 Å². The van der Waals surface area contributed by atoms with Crippen LogP contribution in [0.15, 0.2) is 41.3 Å². The summed E-state index contributed by atoms with van der Waals surface area (Å²) in [4.78, 5) is 0.251. The maximum atomic E-state index is 12.4. The zero-order valence-corrected chi connectivity index (χ0v) is 13.3. The fraction of sp³-hybridized carbons (Fsp3) is 0.412. The Labute approximate surface area is 131 Å². The van der Waals surface area contributed by atoms with Crippen LogP contribution in [-0.2, 0) is 10.0 Å². The second-order valence-electron chi connectivity index (χ2n) is 6.02. The fourth-order valence-corrected chi connectivity index (χ4v) is 4.27. The van der Waals surface area contributed by atoms with Crippen LogP contribution in [0.4, 0.5) is 0 Å². The third-order valence-electron chi connectivity index (χ3n) is 4.43. The number of hydrogen-bond acceptors (Lipinski definition) is 3. The zero-order valence-electron chi connectivity index (χ0n) is 12.5. The Hall–Kier alpha value is -1.59. The molecule has 1 saturated carbocycles. The summed E-state index contributed by atoms with van der Waals surface area (Å²) >= 11 is 0. The summed E-state index contributed by atoms with van der Waals surface area (Å²) in [5.41, 5.74) is 0. The molecule has 1 aliphatic carbocycles. The minimum Gasteiger partial charge on any atom is -0.507 e. The quantitative estimate of drug-likeness (QED) is 0.907. The van der Waals surface area contributed by atoms with Gasteiger partial charge in [-0.2, -0.15) is 0 Å². The Morgan fingerprint density at radius 3 is 2.64 bits per heavy atom. The molecule has 3 rings (SSSR count). The van der Waals surface area contributed by atoms with Crippen molar-refractivity contribution < 1.29 is 13.5 Å². The molecule has 2 aromatic carbocycles. The molecule has 0 spiro atoms. The van der Waals surface area contributed by atoms with Crippen molar-refractivity contribution in [3.63, 3.8) is 0 Å². The Bertz CT molecular complexity index is 765. The summed E-state index contributed by atoms with van der Waals surface area (Å²) in [6.07, 6.45) is 5.86. The van der Waals surface area contributed by atoms with Crippen LogP contribution in [0, 0.1) is 5.92 Å². The number of hydrogen-bond donors (Lipinski definition) is 2. The normalized spacial score (nSPS) is 16.9. The molecule has 4 nitrogen and oxygen atoms in total. The van der Waals surface area contributed by atoms with E-state index >= 15 is 0 Å². The Morgan fingerprint density at radius 1 is 1.09 bits per heavy atom. The first-order chi connectivity index (χ1) is 10.6. The van der Waals surface area contributed by atoms with E-state index in [0.717, 1.165) is 18.2 Å². The third-order valence-corrected chi connectivity index (χ3v) is 5.85. The van der Waals surface area contributed by atoms with Gasteiger partial charge in [-0.15, -0.1) is 0 Å². The third kappa shape index (κ3) is 3.25. The molecule has 1 fully saturated rings. The lowest BCUT2D eigenvalue weighted by Gasteiger charge is -2.21. The van der Waals surface area contributed by atoms with Crippen LogP contribution >= 0.6 is 0 Å². The van der Waals surface area contributed by atoms with E-state index in [-0.39, 0.29) is 10.6 Å². The number of phenolic OH excluding ortho intramolecular Hbond substituents is 1. The Kier molecular flexibility index (Phi) is 4.36. The van der Waals surface area contributed by atoms with Gasteiger partial charge in [0, 0.05) is 11.9 Å². The van der Waals surface area contributed by atoms with Crippen molar-refractivity contribution in [3.05, 3.63) is 36.4 Å². The molecular formula is C17H21NO3S. The van der Waals surface area contributed by atoms with Crippen molar-refractivity contribution in [1.82, 2.24) is 4.72 Å². The van der Waals surface area contributed by atoms with Crippen LogP contribution in [0.25, 0.3) is 10.8 Å². The molecule has 2 aromatic rings. The SMILES string of the molecule is O=S(=O)(NCC1CCCCC1)c1ccc2c(O)cccc2c1. The Balaban J connectivity index is 1.79. The molecule has 1 aliphatic rings. The second kappa shape index (κ2) is 6.26. The lowest BCUT2D eigenvalue weighted by atomic mass is 9.90. The predicted octanol–water partition coefficient (Wildman–Crippen LogP) is 3.40. The summed E-state index contributed by atoms with van der Waals surface area (Å²) in [5, 5.41) is 11.2. The van der Waals surface area contributed by atoms with Crippen molar-refractivity contribution >= 4 is 20.8 Å². The summed E-state index contributed by atoms with van der Waals surface area (Å²) in [6.45, 7) is 0.514. The smallest absolute Gasteiger partial charge is 0.240 e. The molecular weight excluding hydrogens is 298 g/mol. The minimum atomic E-state index is -3.50. The molecule has 0 saturated heterocycles. The average Bonchev–Trinajstić information content (AvgIpc) is 2.54. The Morgan fingerprint density at radius 2 is 1.86 bits per heavy atom. The predicted molar refractivity (Wildman–Crippen MR) is 87.4 cm³/mol. The van der Waals surface area contributed by atoms with Gasteiger partial charge in [0.25, 0.3) is 0 Å². The lowest BCUT2D eigenvalue weighted by Crippen LogP contribution is -2.30. The van der Waals surface area contributed by atoms with E-state index in [4.69, 9.17) is 0 Å². The molecule has 22 heavy (non-hydrogen) atoms. The molecule has 0 heterocycles. The molecule has 0 bridgehead atoms. The number of rotatable bonds is 4. The molecule has 2 N–H and O–H groups in total. The van der Waals surface area contributed by atoms with Crippen LogP contribution in [0.5, 0.6) is 5.75 Å². The van der Waals surface area contributed by atoms with E-state index in [1.807, 2.05) is 0 Å². The van der Waals surface area contributed by atoms with Gasteiger partial charge in [-0.3, -0.25) is 0 Å². The summed E-state index contributed by atoms with van der Waals surface area (Å²) in [6, 6.07) is 9.92. The number of fused-ring (bicyclic) bond motifs is 1. The van der Waals surface area contributed by atoms with Gasteiger partial charge < -0.3 is 5.11 Å². The van der Waals surface area contributed by atoms with Gasteiger partial charge in [0.15, 0.2) is 0 Å². The van der Waals surface area contributed by atoms with E-state index in [1.54, 1.807) is 36.4 Å². The monoisotopic (exact) mass is 319 g/mol. The summed E-state index contributed by atoms with van der Waals surface area (Å²) in [7, 11) is -3.50. The number of phenols is 1. The highest BCUT2D eigenvalue weighted by atomic mass is 32.2. The molecule has 0 aliphatic heterocycles. The van der Waals surface area contributed by atoms with E-state index in [0.29, 0.717) is 17.8 Å². The van der Waals surface area contributed by atoms with Crippen molar-refractivity contribution in [3.8, 4) is 5.75 Å². The molecule has 0 aromatic heterocycles. The van der Waals surface area contributed by atoms with Crippen molar-refractivity contribution in [2.45, 2.75) is 37.0 Å². The van der Waals surface area contributed by atoms with Gasteiger partial charge in [0.2, 0.25) is 10.0 Å². The van der Waals surface area contributed by atoms with E-state index < -0.39 is 10.0 Å². The van der Waals surface area contributed by atoms with Gasteiger partial charge in [-0.05, 0) is 48.4 Å². The van der Waals surface area contributed by atoms with E-state index in [2.05, 4.69) is 4.72 Å². The number of sulfonamides is 1. The van der Waals surface area contributed by atoms with Crippen LogP contribution < -0.4 is 4.72 Å².